The van der Waals surface area contributed by atoms with Gasteiger partial charge in [0.25, 0.3) is 0 Å². The Hall–Kier alpha value is -1.26. The van der Waals surface area contributed by atoms with Crippen LogP contribution in [0.1, 0.15) is 85.5 Å². The van der Waals surface area contributed by atoms with Gasteiger partial charge in [0.05, 0.1) is 5.92 Å². The summed E-state index contributed by atoms with van der Waals surface area (Å²) < 4.78 is 5.40. The van der Waals surface area contributed by atoms with Crippen LogP contribution >= 0.6 is 0 Å². The van der Waals surface area contributed by atoms with Gasteiger partial charge in [0.2, 0.25) is 5.91 Å². The van der Waals surface area contributed by atoms with E-state index >= 15 is 0 Å². The lowest BCUT2D eigenvalue weighted by Crippen LogP contribution is -2.50. The Kier molecular flexibility index (Phi) is 6.75. The predicted molar refractivity (Wildman–Crippen MR) is 99.3 cm³/mol. The summed E-state index contributed by atoms with van der Waals surface area (Å²) in [5.41, 5.74) is -0.256. The summed E-state index contributed by atoms with van der Waals surface area (Å²) in [6.07, 6.45) is 9.33. The molecular formula is C20H36N2O3. The van der Waals surface area contributed by atoms with E-state index in [9.17, 15) is 9.59 Å². The Balaban J connectivity index is 1.95. The quantitative estimate of drug-likeness (QED) is 0.798. The van der Waals surface area contributed by atoms with Gasteiger partial charge in [-0.1, -0.05) is 39.0 Å². The van der Waals surface area contributed by atoms with Gasteiger partial charge in [0.1, 0.15) is 5.60 Å². The van der Waals surface area contributed by atoms with Crippen molar-refractivity contribution in [1.82, 2.24) is 10.6 Å². The summed E-state index contributed by atoms with van der Waals surface area (Å²) >= 11 is 0. The van der Waals surface area contributed by atoms with E-state index in [4.69, 9.17) is 4.74 Å². The fourth-order valence-corrected chi connectivity index (χ4v) is 3.82. The second kappa shape index (κ2) is 8.41. The molecule has 0 aromatic heterocycles. The molecule has 2 N–H and O–H groups in total. The van der Waals surface area contributed by atoms with Crippen molar-refractivity contribution < 1.29 is 14.3 Å². The monoisotopic (exact) mass is 352 g/mol. The van der Waals surface area contributed by atoms with Gasteiger partial charge in [0, 0.05) is 12.6 Å². The fraction of sp³-hybridized carbons (Fsp3) is 0.900. The highest BCUT2D eigenvalue weighted by molar-refractivity contribution is 5.80. The third-order valence-electron chi connectivity index (χ3n) is 5.55. The van der Waals surface area contributed by atoms with Crippen LogP contribution in [0.15, 0.2) is 0 Å². The summed E-state index contributed by atoms with van der Waals surface area (Å²) in [6, 6.07) is -0.135. The Morgan fingerprint density at radius 3 is 2.24 bits per heavy atom. The molecule has 0 aromatic carbocycles. The summed E-state index contributed by atoms with van der Waals surface area (Å²) in [6.45, 7) is 8.56. The number of alkyl carbamates (subject to hydrolysis) is 1. The van der Waals surface area contributed by atoms with Crippen LogP contribution in [0.5, 0.6) is 0 Å². The van der Waals surface area contributed by atoms with Crippen molar-refractivity contribution in [3.8, 4) is 0 Å². The van der Waals surface area contributed by atoms with Gasteiger partial charge >= 0.3 is 6.09 Å². The largest absolute Gasteiger partial charge is 0.444 e. The average Bonchev–Trinajstić information content (AvgIpc) is 2.44. The number of amides is 2. The number of carbonyl (C=O) groups excluding carboxylic acids is 2. The molecule has 0 aromatic rings. The van der Waals surface area contributed by atoms with E-state index in [0.717, 1.165) is 32.2 Å². The number of rotatable bonds is 4. The second-order valence-corrected chi connectivity index (χ2v) is 9.23. The zero-order chi connectivity index (χ0) is 18.5. The molecule has 2 amide bonds. The van der Waals surface area contributed by atoms with Gasteiger partial charge in [-0.3, -0.25) is 4.79 Å². The third-order valence-corrected chi connectivity index (χ3v) is 5.55. The maximum Gasteiger partial charge on any atom is 0.407 e. The maximum absolute atomic E-state index is 12.8. The van der Waals surface area contributed by atoms with Crippen LogP contribution < -0.4 is 10.6 Å². The van der Waals surface area contributed by atoms with Crippen LogP contribution in [0.2, 0.25) is 0 Å². The fourth-order valence-electron chi connectivity index (χ4n) is 3.82. The predicted octanol–water partition coefficient (Wildman–Crippen LogP) is 4.16. The molecule has 2 atom stereocenters. The van der Waals surface area contributed by atoms with Crippen LogP contribution in [-0.2, 0) is 9.53 Å². The van der Waals surface area contributed by atoms with Crippen LogP contribution in [-0.4, -0.2) is 30.2 Å². The van der Waals surface area contributed by atoms with Crippen molar-refractivity contribution in [2.45, 2.75) is 97.1 Å². The van der Waals surface area contributed by atoms with Crippen molar-refractivity contribution in [2.24, 2.45) is 11.3 Å². The van der Waals surface area contributed by atoms with Crippen molar-refractivity contribution in [1.29, 1.82) is 0 Å². The molecule has 0 heterocycles. The molecule has 5 nitrogen and oxygen atoms in total. The highest BCUT2D eigenvalue weighted by Crippen LogP contribution is 2.39. The Morgan fingerprint density at radius 2 is 1.68 bits per heavy atom. The zero-order valence-corrected chi connectivity index (χ0v) is 16.5. The molecule has 0 unspecified atom stereocenters. The first-order valence-corrected chi connectivity index (χ1v) is 9.96. The van der Waals surface area contributed by atoms with Crippen molar-refractivity contribution in [3.63, 3.8) is 0 Å². The van der Waals surface area contributed by atoms with E-state index in [2.05, 4.69) is 17.6 Å². The molecule has 144 valence electrons. The molecule has 0 radical (unpaired) electrons. The van der Waals surface area contributed by atoms with Crippen LogP contribution in [0.25, 0.3) is 0 Å². The van der Waals surface area contributed by atoms with Gasteiger partial charge in [-0.15, -0.1) is 0 Å². The lowest BCUT2D eigenvalue weighted by molar-refractivity contribution is -0.127. The molecule has 0 aliphatic heterocycles. The highest BCUT2D eigenvalue weighted by atomic mass is 16.6. The molecule has 2 aliphatic rings. The van der Waals surface area contributed by atoms with E-state index < -0.39 is 11.7 Å². The van der Waals surface area contributed by atoms with Crippen molar-refractivity contribution in [2.75, 3.05) is 6.54 Å². The number of ether oxygens (including phenoxy) is 1. The topological polar surface area (TPSA) is 67.4 Å². The van der Waals surface area contributed by atoms with E-state index in [0.29, 0.717) is 0 Å². The number of nitrogens with one attached hydrogen (secondary N) is 2. The Bertz CT molecular complexity index is 466. The minimum absolute atomic E-state index is 0.0936. The average molecular weight is 353 g/mol. The summed E-state index contributed by atoms with van der Waals surface area (Å²) in [7, 11) is 0. The lowest BCUT2D eigenvalue weighted by Gasteiger charge is -2.39. The molecule has 0 bridgehead atoms. The normalized spacial score (nSPS) is 26.6. The van der Waals surface area contributed by atoms with Gasteiger partial charge in [-0.2, -0.15) is 0 Å². The summed E-state index contributed by atoms with van der Waals surface area (Å²) in [4.78, 5) is 25.0. The molecule has 0 saturated heterocycles. The molecule has 2 saturated carbocycles. The summed E-state index contributed by atoms with van der Waals surface area (Å²) in [5, 5.41) is 6.14. The second-order valence-electron chi connectivity index (χ2n) is 9.23. The number of hydrogen-bond acceptors (Lipinski definition) is 3. The molecule has 2 fully saturated rings. The Labute approximate surface area is 152 Å². The maximum atomic E-state index is 12.8. The minimum Gasteiger partial charge on any atom is -0.444 e. The lowest BCUT2D eigenvalue weighted by atomic mass is 9.70. The van der Waals surface area contributed by atoms with E-state index in [1.165, 1.54) is 32.1 Å². The van der Waals surface area contributed by atoms with Crippen molar-refractivity contribution in [3.05, 3.63) is 0 Å². The Morgan fingerprint density at radius 1 is 1.04 bits per heavy atom. The van der Waals surface area contributed by atoms with Gasteiger partial charge < -0.3 is 15.4 Å². The van der Waals surface area contributed by atoms with Gasteiger partial charge in [-0.25, -0.2) is 4.79 Å². The molecule has 5 heteroatoms. The number of carbonyl (C=O) groups is 2. The molecule has 2 rings (SSSR count). The smallest absolute Gasteiger partial charge is 0.407 e. The number of hydrogen-bond donors (Lipinski definition) is 2. The van der Waals surface area contributed by atoms with Crippen LogP contribution in [0.3, 0.4) is 0 Å². The zero-order valence-electron chi connectivity index (χ0n) is 16.5. The molecular weight excluding hydrogens is 316 g/mol. The first-order chi connectivity index (χ1) is 11.7. The first kappa shape index (κ1) is 20.1. The van der Waals surface area contributed by atoms with Gasteiger partial charge in [-0.05, 0) is 51.9 Å². The minimum atomic E-state index is -0.526. The first-order valence-electron chi connectivity index (χ1n) is 9.96. The molecule has 0 spiro atoms. The van der Waals surface area contributed by atoms with E-state index in [1.54, 1.807) is 0 Å². The SMILES string of the molecule is CC1(CNC(=O)[C@@H]2CCCCCC[C@@H]2NC(=O)OC(C)(C)C)CCC1. The third kappa shape index (κ3) is 6.52. The summed E-state index contributed by atoms with van der Waals surface area (Å²) in [5.74, 6) is -0.0624. The van der Waals surface area contributed by atoms with E-state index in [-0.39, 0.29) is 23.3 Å². The molecule has 25 heavy (non-hydrogen) atoms. The van der Waals surface area contributed by atoms with E-state index in [1.807, 2.05) is 20.8 Å². The van der Waals surface area contributed by atoms with Crippen LogP contribution in [0, 0.1) is 11.3 Å². The standard InChI is InChI=1S/C20H36N2O3/c1-19(2,3)25-18(24)22-16-11-8-6-5-7-10-15(16)17(23)21-14-20(4)12-9-13-20/h15-16H,5-14H2,1-4H3,(H,21,23)(H,22,24)/t15-,16+/m1/s1. The van der Waals surface area contributed by atoms with Gasteiger partial charge in [0.15, 0.2) is 0 Å². The molecule has 2 aliphatic carbocycles. The highest BCUT2D eigenvalue weighted by Gasteiger charge is 2.35. The van der Waals surface area contributed by atoms with Crippen LogP contribution in [0.4, 0.5) is 4.79 Å². The van der Waals surface area contributed by atoms with Crippen molar-refractivity contribution >= 4 is 12.0 Å².